The number of carbonyl (C=O) groups excluding carboxylic acids is 3. The van der Waals surface area contributed by atoms with Crippen LogP contribution in [-0.2, 0) is 24.3 Å². The molecule has 296 valence electrons. The zero-order valence-corrected chi connectivity index (χ0v) is 33.3. The fourth-order valence-corrected chi connectivity index (χ4v) is 8.56. The zero-order valence-electron chi connectivity index (χ0n) is 31.7. The lowest BCUT2D eigenvalue weighted by molar-refractivity contribution is -0.116. The summed E-state index contributed by atoms with van der Waals surface area (Å²) in [6, 6.07) is 14.7. The fourth-order valence-electron chi connectivity index (χ4n) is 6.17. The van der Waals surface area contributed by atoms with Gasteiger partial charge in [-0.15, -0.1) is 11.3 Å². The molecule has 4 atom stereocenters. The third kappa shape index (κ3) is 12.2. The number of anilines is 3. The normalized spacial score (nSPS) is 19.3. The van der Waals surface area contributed by atoms with Crippen molar-refractivity contribution in [3.8, 4) is 5.75 Å². The molecule has 3 amide bonds. The van der Waals surface area contributed by atoms with Crippen LogP contribution in [0.3, 0.4) is 0 Å². The van der Waals surface area contributed by atoms with Crippen LogP contribution in [0.25, 0.3) is 0 Å². The first-order valence-electron chi connectivity index (χ1n) is 18.6. The maximum absolute atomic E-state index is 14.4. The van der Waals surface area contributed by atoms with Crippen LogP contribution in [-0.4, -0.2) is 92.1 Å². The van der Waals surface area contributed by atoms with Gasteiger partial charge < -0.3 is 35.8 Å². The lowest BCUT2D eigenvalue weighted by Gasteiger charge is -2.35. The van der Waals surface area contributed by atoms with E-state index in [0.717, 1.165) is 24.2 Å². The summed E-state index contributed by atoms with van der Waals surface area (Å²) in [4.78, 5) is 41.3. The number of aliphatic hydroxyl groups excluding tert-OH is 1. The predicted molar refractivity (Wildman–Crippen MR) is 212 cm³/mol. The van der Waals surface area contributed by atoms with Gasteiger partial charge in [0, 0.05) is 51.2 Å². The third-order valence-corrected chi connectivity index (χ3v) is 12.7. The Balaban J connectivity index is 1.45. The first kappa shape index (κ1) is 42.7. The number of hydrogen-bond acceptors (Lipinski definition) is 10. The van der Waals surface area contributed by atoms with Gasteiger partial charge in [0.05, 0.1) is 41.8 Å². The molecule has 0 bridgehead atoms. The van der Waals surface area contributed by atoms with Gasteiger partial charge in [-0.2, -0.15) is 4.31 Å². The van der Waals surface area contributed by atoms with E-state index in [1.54, 1.807) is 71.8 Å². The molecule has 0 saturated heterocycles. The lowest BCUT2D eigenvalue weighted by Crippen LogP contribution is -2.48. The maximum Gasteiger partial charge on any atom is 0.258 e. The average Bonchev–Trinajstić information content (AvgIpc) is 3.70. The van der Waals surface area contributed by atoms with E-state index in [4.69, 9.17) is 15.2 Å². The molecule has 0 unspecified atom stereocenters. The van der Waals surface area contributed by atoms with Crippen LogP contribution in [0, 0.1) is 5.92 Å². The highest BCUT2D eigenvalue weighted by molar-refractivity contribution is 7.91. The molecule has 0 radical (unpaired) electrons. The molecule has 0 aliphatic carbocycles. The summed E-state index contributed by atoms with van der Waals surface area (Å²) in [5.74, 6) is -0.710. The summed E-state index contributed by atoms with van der Waals surface area (Å²) in [5, 5.41) is 17.7. The van der Waals surface area contributed by atoms with Crippen molar-refractivity contribution >= 4 is 56.1 Å². The molecule has 54 heavy (non-hydrogen) atoms. The van der Waals surface area contributed by atoms with E-state index >= 15 is 0 Å². The number of ether oxygens (including phenoxy) is 2. The minimum absolute atomic E-state index is 0.0826. The van der Waals surface area contributed by atoms with Crippen molar-refractivity contribution in [3.05, 3.63) is 65.5 Å². The minimum Gasteiger partial charge on any atom is -0.490 e. The Kier molecular flexibility index (Phi) is 16.3. The molecule has 1 aromatic heterocycles. The summed E-state index contributed by atoms with van der Waals surface area (Å²) >= 11 is 1.15. The Labute approximate surface area is 323 Å². The van der Waals surface area contributed by atoms with Gasteiger partial charge in [0.1, 0.15) is 9.96 Å². The summed E-state index contributed by atoms with van der Waals surface area (Å²) in [6.07, 6.45) is 3.85. The minimum atomic E-state index is -3.73. The number of nitrogen functional groups attached to an aromatic ring is 1. The third-order valence-electron chi connectivity index (χ3n) is 9.47. The van der Waals surface area contributed by atoms with Gasteiger partial charge >= 0.3 is 0 Å². The molecule has 1 aliphatic heterocycles. The molecule has 15 heteroatoms. The topological polar surface area (TPSA) is 181 Å². The number of benzene rings is 2. The number of unbranched alkanes of at least 4 members (excludes halogenated alkanes) is 2. The number of para-hydroxylation sites is 2. The van der Waals surface area contributed by atoms with Crippen molar-refractivity contribution in [1.29, 1.82) is 0 Å². The summed E-state index contributed by atoms with van der Waals surface area (Å²) in [6.45, 7) is 5.94. The number of hydrogen-bond donors (Lipinski definition) is 4. The number of rotatable bonds is 14. The van der Waals surface area contributed by atoms with E-state index in [1.807, 2.05) is 13.8 Å². The van der Waals surface area contributed by atoms with Crippen LogP contribution in [0.4, 0.5) is 17.1 Å². The van der Waals surface area contributed by atoms with Gasteiger partial charge in [-0.25, -0.2) is 8.42 Å². The van der Waals surface area contributed by atoms with Crippen LogP contribution < -0.4 is 21.1 Å². The SMILES string of the molecule is C[C@@H]1CCCCO[C@H](CN(C)S(=O)(=O)c2cccs2)[C@@H](C)CN([C@H](C)CO)C(=O)c2cc(NC(=O)CCCCCC(=O)Nc3ccccc3N)ccc2O1. The molecule has 2 heterocycles. The largest absolute Gasteiger partial charge is 0.490 e. The average molecular weight is 786 g/mol. The fraction of sp³-hybridized carbons (Fsp3) is 0.513. The highest BCUT2D eigenvalue weighted by Gasteiger charge is 2.32. The van der Waals surface area contributed by atoms with Crippen LogP contribution in [0.5, 0.6) is 5.75 Å². The van der Waals surface area contributed by atoms with Gasteiger partial charge in [0.15, 0.2) is 0 Å². The molecule has 5 N–H and O–H groups in total. The van der Waals surface area contributed by atoms with Gasteiger partial charge in [0.25, 0.3) is 15.9 Å². The number of carbonyl (C=O) groups is 3. The van der Waals surface area contributed by atoms with Crippen LogP contribution >= 0.6 is 11.3 Å². The zero-order chi connectivity index (χ0) is 39.3. The Morgan fingerprint density at radius 1 is 1.04 bits per heavy atom. The number of thiophene rings is 1. The first-order valence-corrected chi connectivity index (χ1v) is 20.9. The van der Waals surface area contributed by atoms with E-state index < -0.39 is 28.1 Å². The number of amides is 3. The number of likely N-dealkylation sites (N-methyl/N-ethyl adjacent to an activating group) is 1. The smallest absolute Gasteiger partial charge is 0.258 e. The van der Waals surface area contributed by atoms with Gasteiger partial charge in [-0.3, -0.25) is 14.4 Å². The summed E-state index contributed by atoms with van der Waals surface area (Å²) in [5.41, 5.74) is 7.64. The van der Waals surface area contributed by atoms with E-state index in [-0.39, 0.29) is 59.7 Å². The molecule has 13 nitrogen and oxygen atoms in total. The number of nitrogens with one attached hydrogen (secondary N) is 2. The monoisotopic (exact) mass is 785 g/mol. The van der Waals surface area contributed by atoms with Gasteiger partial charge in [0.2, 0.25) is 11.8 Å². The molecule has 0 saturated carbocycles. The van der Waals surface area contributed by atoms with Crippen molar-refractivity contribution < 1.29 is 37.4 Å². The molecule has 1 aliphatic rings. The van der Waals surface area contributed by atoms with E-state index in [2.05, 4.69) is 10.6 Å². The quantitative estimate of drug-likeness (QED) is 0.113. The molecule has 4 rings (SSSR count). The van der Waals surface area contributed by atoms with E-state index in [0.29, 0.717) is 61.5 Å². The molecule has 2 aromatic carbocycles. The molecular weight excluding hydrogens is 731 g/mol. The van der Waals surface area contributed by atoms with Crippen molar-refractivity contribution in [2.45, 2.75) is 94.6 Å². The van der Waals surface area contributed by atoms with Crippen molar-refractivity contribution in [3.63, 3.8) is 0 Å². The number of fused-ring (bicyclic) bond motifs is 1. The second-order valence-electron chi connectivity index (χ2n) is 14.0. The Morgan fingerprint density at radius 2 is 1.76 bits per heavy atom. The summed E-state index contributed by atoms with van der Waals surface area (Å²) < 4.78 is 40.7. The number of aliphatic hydroxyl groups is 1. The Bertz CT molecular complexity index is 1790. The van der Waals surface area contributed by atoms with Crippen molar-refractivity contribution in [1.82, 2.24) is 9.21 Å². The molecule has 0 fully saturated rings. The van der Waals surface area contributed by atoms with Crippen LogP contribution in [0.15, 0.2) is 64.2 Å². The second kappa shape index (κ2) is 20.6. The highest BCUT2D eigenvalue weighted by atomic mass is 32.2. The second-order valence-corrected chi connectivity index (χ2v) is 17.2. The number of nitrogens with zero attached hydrogens (tertiary/aromatic N) is 2. The Morgan fingerprint density at radius 3 is 2.44 bits per heavy atom. The lowest BCUT2D eigenvalue weighted by atomic mass is 10.0. The van der Waals surface area contributed by atoms with Crippen LogP contribution in [0.2, 0.25) is 0 Å². The summed E-state index contributed by atoms with van der Waals surface area (Å²) in [7, 11) is -2.20. The van der Waals surface area contributed by atoms with Crippen LogP contribution in [0.1, 0.15) is 82.5 Å². The number of nitrogens with two attached hydrogens (primary N) is 1. The first-order chi connectivity index (χ1) is 25.8. The van der Waals surface area contributed by atoms with Gasteiger partial charge in [-0.1, -0.05) is 31.5 Å². The standard InChI is InChI=1S/C39H55N5O8S2/c1-27-24-44(28(2)26-45)39(48)31-23-30(41-36(46)16-6-5-7-17-37(47)42-33-15-9-8-14-32(33)40)19-20-34(31)52-29(3)13-10-11-21-51-35(27)25-43(4)54(49,50)38-18-12-22-53-38/h8-9,12,14-15,18-20,22-23,27-29,35,45H,5-7,10-11,13,16-17,21,24-26,40H2,1-4H3,(H,41,46)(H,42,47)/t27-,28+,29+,35+/m0/s1. The van der Waals surface area contributed by atoms with Gasteiger partial charge in [-0.05, 0) is 87.7 Å². The van der Waals surface area contributed by atoms with E-state index in [9.17, 15) is 27.9 Å². The van der Waals surface area contributed by atoms with E-state index in [1.165, 1.54) is 11.4 Å². The molecular formula is C39H55N5O8S2. The maximum atomic E-state index is 14.4. The highest BCUT2D eigenvalue weighted by Crippen LogP contribution is 2.29. The molecule has 3 aromatic rings. The van der Waals surface area contributed by atoms with Crippen molar-refractivity contribution in [2.24, 2.45) is 5.92 Å². The number of sulfonamides is 1. The molecule has 0 spiro atoms. The van der Waals surface area contributed by atoms with Crippen molar-refractivity contribution in [2.75, 3.05) is 49.7 Å². The predicted octanol–water partition coefficient (Wildman–Crippen LogP) is 5.97. The Hall–Kier alpha value is -4.02.